The van der Waals surface area contributed by atoms with Crippen molar-refractivity contribution in [2.75, 3.05) is 0 Å². The van der Waals surface area contributed by atoms with Gasteiger partial charge in [-0.25, -0.2) is 0 Å². The second kappa shape index (κ2) is 10.0. The van der Waals surface area contributed by atoms with Crippen LogP contribution in [0.2, 0.25) is 0 Å². The Morgan fingerprint density at radius 1 is 0.955 bits per heavy atom. The molecule has 0 amide bonds. The van der Waals surface area contributed by atoms with E-state index >= 15 is 0 Å². The first-order valence-corrected chi connectivity index (χ1v) is 9.97. The van der Waals surface area contributed by atoms with Gasteiger partial charge in [-0.05, 0) is 36.5 Å². The lowest BCUT2D eigenvalue weighted by atomic mass is 9.93. The van der Waals surface area contributed by atoms with Crippen LogP contribution in [-0.2, 0) is 16.5 Å². The topological polar surface area (TPSA) is 54.4 Å². The minimum absolute atomic E-state index is 0.0297. The second-order valence-corrected chi connectivity index (χ2v) is 7.56. The van der Waals surface area contributed by atoms with Crippen LogP contribution < -0.4 is 0 Å². The largest absolute Gasteiger partial charge is 0.294 e. The number of unbranched alkanes of at least 4 members (excludes halogenated alkanes) is 3. The summed E-state index contributed by atoms with van der Waals surface area (Å²) in [5.74, 6) is 0.883. The van der Waals surface area contributed by atoms with Gasteiger partial charge in [0.15, 0.2) is 0 Å². The number of aryl methyl sites for hydroxylation is 1. The third-order valence-electron chi connectivity index (χ3n) is 4.34. The van der Waals surface area contributed by atoms with Crippen LogP contribution in [0.15, 0.2) is 29.2 Å². The van der Waals surface area contributed by atoms with Crippen molar-refractivity contribution in [2.45, 2.75) is 76.5 Å². The van der Waals surface area contributed by atoms with Gasteiger partial charge >= 0.3 is 0 Å². The molecule has 1 aromatic rings. The first-order valence-electron chi connectivity index (χ1n) is 8.53. The molecule has 0 spiro atoms. The Morgan fingerprint density at radius 3 is 2.14 bits per heavy atom. The molecule has 126 valence electrons. The van der Waals surface area contributed by atoms with Gasteiger partial charge in [0.05, 0.1) is 4.90 Å². The summed E-state index contributed by atoms with van der Waals surface area (Å²) in [7, 11) is -4.07. The molecular formula is C18H30O3S. The molecule has 0 heterocycles. The average molecular weight is 327 g/mol. The molecule has 0 saturated carbocycles. The van der Waals surface area contributed by atoms with Gasteiger partial charge in [-0.2, -0.15) is 8.42 Å². The van der Waals surface area contributed by atoms with E-state index in [0.717, 1.165) is 24.3 Å². The molecular weight excluding hydrogens is 296 g/mol. The molecule has 0 aliphatic heterocycles. The van der Waals surface area contributed by atoms with Gasteiger partial charge in [-0.1, -0.05) is 70.9 Å². The van der Waals surface area contributed by atoms with Crippen LogP contribution in [-0.4, -0.2) is 13.0 Å². The summed E-state index contributed by atoms with van der Waals surface area (Å²) in [5.41, 5.74) is 1.13. The van der Waals surface area contributed by atoms with E-state index < -0.39 is 10.1 Å². The van der Waals surface area contributed by atoms with Gasteiger partial charge in [0.25, 0.3) is 10.1 Å². The molecule has 0 bridgehead atoms. The van der Waals surface area contributed by atoms with Crippen LogP contribution in [0.3, 0.4) is 0 Å². The summed E-state index contributed by atoms with van der Waals surface area (Å²) >= 11 is 0. The van der Waals surface area contributed by atoms with Crippen LogP contribution in [0.1, 0.15) is 70.8 Å². The summed E-state index contributed by atoms with van der Waals surface area (Å²) < 4.78 is 30.9. The Bertz CT molecular complexity index is 506. The molecule has 1 rings (SSSR count). The molecule has 4 heteroatoms. The Hall–Kier alpha value is -0.870. The van der Waals surface area contributed by atoms with Crippen molar-refractivity contribution >= 4 is 10.1 Å². The lowest BCUT2D eigenvalue weighted by Gasteiger charge is -2.13. The minimum Gasteiger partial charge on any atom is -0.282 e. The van der Waals surface area contributed by atoms with E-state index in [2.05, 4.69) is 13.8 Å². The van der Waals surface area contributed by atoms with E-state index in [-0.39, 0.29) is 4.90 Å². The van der Waals surface area contributed by atoms with Crippen molar-refractivity contribution in [3.8, 4) is 0 Å². The Labute approximate surface area is 135 Å². The average Bonchev–Trinajstić information content (AvgIpc) is 2.49. The lowest BCUT2D eigenvalue weighted by Crippen LogP contribution is -1.99. The van der Waals surface area contributed by atoms with Crippen molar-refractivity contribution in [3.63, 3.8) is 0 Å². The van der Waals surface area contributed by atoms with E-state index in [1.165, 1.54) is 57.1 Å². The highest BCUT2D eigenvalue weighted by atomic mass is 32.2. The van der Waals surface area contributed by atoms with Crippen LogP contribution in [0.5, 0.6) is 0 Å². The van der Waals surface area contributed by atoms with Crippen LogP contribution in [0, 0.1) is 5.92 Å². The summed E-state index contributed by atoms with van der Waals surface area (Å²) in [6, 6.07) is 6.53. The summed E-state index contributed by atoms with van der Waals surface area (Å²) in [4.78, 5) is -0.0297. The minimum atomic E-state index is -4.07. The molecule has 1 aromatic carbocycles. The fraction of sp³-hybridized carbons (Fsp3) is 0.667. The van der Waals surface area contributed by atoms with E-state index in [0.29, 0.717) is 0 Å². The molecule has 1 N–H and O–H groups in total. The maximum absolute atomic E-state index is 11.0. The SMILES string of the molecule is CCCCC(CC)CCCCCc1ccc(S(=O)(=O)O)cc1. The van der Waals surface area contributed by atoms with E-state index in [4.69, 9.17) is 4.55 Å². The Morgan fingerprint density at radius 2 is 1.59 bits per heavy atom. The molecule has 1 atom stereocenters. The Kier molecular flexibility index (Phi) is 8.72. The van der Waals surface area contributed by atoms with Crippen LogP contribution >= 0.6 is 0 Å². The van der Waals surface area contributed by atoms with Gasteiger partial charge in [0.2, 0.25) is 0 Å². The summed E-state index contributed by atoms with van der Waals surface area (Å²) in [6.45, 7) is 4.54. The first kappa shape index (κ1) is 19.2. The van der Waals surface area contributed by atoms with E-state index in [1.807, 2.05) is 0 Å². The van der Waals surface area contributed by atoms with E-state index in [1.54, 1.807) is 12.1 Å². The molecule has 0 aliphatic carbocycles. The fourth-order valence-corrected chi connectivity index (χ4v) is 3.29. The highest BCUT2D eigenvalue weighted by Gasteiger charge is 2.08. The van der Waals surface area contributed by atoms with E-state index in [9.17, 15) is 8.42 Å². The zero-order valence-electron chi connectivity index (χ0n) is 13.9. The zero-order valence-corrected chi connectivity index (χ0v) is 14.7. The lowest BCUT2D eigenvalue weighted by molar-refractivity contribution is 0.402. The molecule has 1 unspecified atom stereocenters. The fourth-order valence-electron chi connectivity index (χ4n) is 2.81. The molecule has 0 fully saturated rings. The molecule has 0 radical (unpaired) electrons. The second-order valence-electron chi connectivity index (χ2n) is 6.13. The van der Waals surface area contributed by atoms with Gasteiger partial charge in [-0.3, -0.25) is 4.55 Å². The molecule has 22 heavy (non-hydrogen) atoms. The van der Waals surface area contributed by atoms with Crippen molar-refractivity contribution in [1.29, 1.82) is 0 Å². The molecule has 0 saturated heterocycles. The smallest absolute Gasteiger partial charge is 0.282 e. The molecule has 3 nitrogen and oxygen atoms in total. The van der Waals surface area contributed by atoms with Crippen molar-refractivity contribution in [1.82, 2.24) is 0 Å². The Balaban J connectivity index is 2.24. The zero-order chi connectivity index (χ0) is 16.4. The number of rotatable bonds is 11. The predicted molar refractivity (Wildman–Crippen MR) is 91.7 cm³/mol. The normalized spacial score (nSPS) is 13.2. The highest BCUT2D eigenvalue weighted by molar-refractivity contribution is 7.85. The molecule has 0 aliphatic rings. The quantitative estimate of drug-likeness (QED) is 0.446. The van der Waals surface area contributed by atoms with Crippen LogP contribution in [0.4, 0.5) is 0 Å². The van der Waals surface area contributed by atoms with Gasteiger partial charge in [0.1, 0.15) is 0 Å². The monoisotopic (exact) mass is 326 g/mol. The summed E-state index contributed by atoms with van der Waals surface area (Å²) in [6.07, 6.45) is 11.2. The number of benzene rings is 1. The van der Waals surface area contributed by atoms with Crippen LogP contribution in [0.25, 0.3) is 0 Å². The van der Waals surface area contributed by atoms with Gasteiger partial charge in [0, 0.05) is 0 Å². The number of hydrogen-bond acceptors (Lipinski definition) is 2. The third-order valence-corrected chi connectivity index (χ3v) is 5.21. The van der Waals surface area contributed by atoms with Crippen molar-refractivity contribution in [3.05, 3.63) is 29.8 Å². The predicted octanol–water partition coefficient (Wildman–Crippen LogP) is 5.25. The van der Waals surface area contributed by atoms with Gasteiger partial charge in [-0.15, -0.1) is 0 Å². The highest BCUT2D eigenvalue weighted by Crippen LogP contribution is 2.20. The molecule has 0 aromatic heterocycles. The van der Waals surface area contributed by atoms with Gasteiger partial charge < -0.3 is 0 Å². The first-order chi connectivity index (χ1) is 10.5. The number of hydrogen-bond donors (Lipinski definition) is 1. The standard InChI is InChI=1S/C18H30O3S/c1-3-5-9-16(4-2)10-7-6-8-11-17-12-14-18(15-13-17)22(19,20)21/h12-16H,3-11H2,1-2H3,(H,19,20,21). The maximum Gasteiger partial charge on any atom is 0.294 e. The van der Waals surface area contributed by atoms with Crippen molar-refractivity contribution < 1.29 is 13.0 Å². The van der Waals surface area contributed by atoms with Crippen molar-refractivity contribution in [2.24, 2.45) is 5.92 Å². The maximum atomic E-state index is 11.0. The summed E-state index contributed by atoms with van der Waals surface area (Å²) in [5, 5.41) is 0. The third kappa shape index (κ3) is 7.41.